The van der Waals surface area contributed by atoms with Crippen LogP contribution in [0.2, 0.25) is 0 Å². The molecule has 0 aliphatic carbocycles. The van der Waals surface area contributed by atoms with Crippen LogP contribution >= 0.6 is 11.6 Å². The molecule has 0 aromatic carbocycles. The largest absolute Gasteiger partial charge is 0.350 e. The molecule has 2 rings (SSSR count). The van der Waals surface area contributed by atoms with Gasteiger partial charge in [0.05, 0.1) is 12.7 Å². The van der Waals surface area contributed by atoms with E-state index >= 15 is 0 Å². The van der Waals surface area contributed by atoms with Gasteiger partial charge in [-0.05, 0) is 5.92 Å². The fraction of sp³-hybridized carbons (Fsp3) is 0.444. The van der Waals surface area contributed by atoms with Crippen molar-refractivity contribution in [2.24, 2.45) is 5.92 Å². The fourth-order valence-electron chi connectivity index (χ4n) is 1.34. The van der Waals surface area contributed by atoms with Crippen molar-refractivity contribution in [1.82, 2.24) is 19.2 Å². The van der Waals surface area contributed by atoms with E-state index in [9.17, 15) is 4.79 Å². The lowest BCUT2D eigenvalue weighted by molar-refractivity contribution is 0.475. The zero-order chi connectivity index (χ0) is 10.8. The van der Waals surface area contributed by atoms with E-state index in [0.717, 1.165) is 0 Å². The van der Waals surface area contributed by atoms with Crippen molar-refractivity contribution < 1.29 is 0 Å². The Labute approximate surface area is 91.3 Å². The number of halogens is 1. The van der Waals surface area contributed by atoms with E-state index in [0.29, 0.717) is 18.1 Å². The maximum Gasteiger partial charge on any atom is 0.350 e. The third kappa shape index (κ3) is 1.87. The van der Waals surface area contributed by atoms with Crippen LogP contribution < -0.4 is 5.69 Å². The Kier molecular flexibility index (Phi) is 2.73. The second-order valence-corrected chi connectivity index (χ2v) is 3.84. The number of hydrogen-bond acceptors (Lipinski definition) is 3. The maximum absolute atomic E-state index is 11.8. The average molecular weight is 227 g/mol. The lowest BCUT2D eigenvalue weighted by atomic mass is 10.2. The molecule has 0 saturated heterocycles. The Morgan fingerprint density at radius 3 is 3.07 bits per heavy atom. The van der Waals surface area contributed by atoms with Crippen LogP contribution in [-0.2, 0) is 6.54 Å². The minimum Gasteiger partial charge on any atom is -0.259 e. The molecule has 0 bridgehead atoms. The molecule has 0 saturated carbocycles. The lowest BCUT2D eigenvalue weighted by Crippen LogP contribution is -2.24. The minimum absolute atomic E-state index is 0.149. The molecular weight excluding hydrogens is 216 g/mol. The van der Waals surface area contributed by atoms with Gasteiger partial charge >= 0.3 is 5.69 Å². The van der Waals surface area contributed by atoms with Crippen molar-refractivity contribution in [3.63, 3.8) is 0 Å². The summed E-state index contributed by atoms with van der Waals surface area (Å²) in [6.45, 7) is 2.51. The van der Waals surface area contributed by atoms with Gasteiger partial charge in [0.15, 0.2) is 5.65 Å². The van der Waals surface area contributed by atoms with Gasteiger partial charge in [0.25, 0.3) is 0 Å². The molecule has 0 spiro atoms. The number of fused-ring (bicyclic) bond motifs is 1. The Morgan fingerprint density at radius 1 is 1.60 bits per heavy atom. The molecule has 6 heteroatoms. The molecule has 15 heavy (non-hydrogen) atoms. The Hall–Kier alpha value is -1.36. The second-order valence-electron chi connectivity index (χ2n) is 3.53. The SMILES string of the molecule is CC(CCl)Cn1nc2cnccn2c1=O. The molecule has 1 unspecified atom stereocenters. The highest BCUT2D eigenvalue weighted by molar-refractivity contribution is 6.18. The third-order valence-corrected chi connectivity index (χ3v) is 2.66. The highest BCUT2D eigenvalue weighted by Crippen LogP contribution is 2.01. The summed E-state index contributed by atoms with van der Waals surface area (Å²) in [6.07, 6.45) is 4.72. The minimum atomic E-state index is -0.149. The number of rotatable bonds is 3. The predicted octanol–water partition coefficient (Wildman–Crippen LogP) is 0.766. The van der Waals surface area contributed by atoms with Crippen LogP contribution in [0.25, 0.3) is 5.65 Å². The molecular formula is C9H11ClN4O. The number of hydrogen-bond donors (Lipinski definition) is 0. The first-order valence-corrected chi connectivity index (χ1v) is 5.21. The van der Waals surface area contributed by atoms with E-state index in [1.165, 1.54) is 9.08 Å². The quantitative estimate of drug-likeness (QED) is 0.727. The predicted molar refractivity (Wildman–Crippen MR) is 57.1 cm³/mol. The molecule has 0 amide bonds. The molecule has 1 atom stereocenters. The van der Waals surface area contributed by atoms with Crippen LogP contribution in [-0.4, -0.2) is 25.0 Å². The molecule has 0 radical (unpaired) electrons. The summed E-state index contributed by atoms with van der Waals surface area (Å²) in [6, 6.07) is 0. The average Bonchev–Trinajstić information content (AvgIpc) is 2.57. The number of nitrogens with zero attached hydrogens (tertiary/aromatic N) is 4. The molecule has 5 nitrogen and oxygen atoms in total. The first-order valence-electron chi connectivity index (χ1n) is 4.67. The van der Waals surface area contributed by atoms with Crippen LogP contribution in [0.1, 0.15) is 6.92 Å². The summed E-state index contributed by atoms with van der Waals surface area (Å²) in [4.78, 5) is 15.7. The van der Waals surface area contributed by atoms with Gasteiger partial charge < -0.3 is 0 Å². The molecule has 0 N–H and O–H groups in total. The van der Waals surface area contributed by atoms with Gasteiger partial charge in [-0.25, -0.2) is 13.9 Å². The van der Waals surface area contributed by atoms with Crippen molar-refractivity contribution in [3.05, 3.63) is 29.1 Å². The first-order chi connectivity index (χ1) is 7.22. The summed E-state index contributed by atoms with van der Waals surface area (Å²) in [7, 11) is 0. The summed E-state index contributed by atoms with van der Waals surface area (Å²) in [5, 5.41) is 4.15. The fourth-order valence-corrected chi connectivity index (χ4v) is 1.44. The molecule has 0 aliphatic rings. The van der Waals surface area contributed by atoms with Crippen molar-refractivity contribution in [3.8, 4) is 0 Å². The molecule has 2 heterocycles. The molecule has 0 aliphatic heterocycles. The highest BCUT2D eigenvalue weighted by Gasteiger charge is 2.08. The molecule has 2 aromatic rings. The van der Waals surface area contributed by atoms with Crippen LogP contribution in [0.3, 0.4) is 0 Å². The van der Waals surface area contributed by atoms with E-state index in [4.69, 9.17) is 11.6 Å². The van der Waals surface area contributed by atoms with Crippen LogP contribution in [0.4, 0.5) is 0 Å². The van der Waals surface area contributed by atoms with E-state index in [1.54, 1.807) is 18.6 Å². The van der Waals surface area contributed by atoms with Gasteiger partial charge in [-0.3, -0.25) is 4.98 Å². The first kappa shape index (κ1) is 10.2. The van der Waals surface area contributed by atoms with Gasteiger partial charge in [0.1, 0.15) is 0 Å². The molecule has 0 fully saturated rings. The molecule has 2 aromatic heterocycles. The summed E-state index contributed by atoms with van der Waals surface area (Å²) >= 11 is 5.69. The standard InChI is InChI=1S/C9H11ClN4O/c1-7(4-10)6-14-9(15)13-3-2-11-5-8(13)12-14/h2-3,5,7H,4,6H2,1H3. The summed E-state index contributed by atoms with van der Waals surface area (Å²) < 4.78 is 2.89. The summed E-state index contributed by atoms with van der Waals surface area (Å²) in [5.74, 6) is 0.737. The van der Waals surface area contributed by atoms with Gasteiger partial charge in [-0.1, -0.05) is 6.92 Å². The van der Waals surface area contributed by atoms with Crippen LogP contribution in [0, 0.1) is 5.92 Å². The van der Waals surface area contributed by atoms with Gasteiger partial charge in [-0.15, -0.1) is 16.7 Å². The molecule has 80 valence electrons. The van der Waals surface area contributed by atoms with Crippen molar-refractivity contribution >= 4 is 17.2 Å². The normalized spacial score (nSPS) is 13.2. The van der Waals surface area contributed by atoms with E-state index in [1.807, 2.05) is 6.92 Å². The van der Waals surface area contributed by atoms with Crippen molar-refractivity contribution in [1.29, 1.82) is 0 Å². The van der Waals surface area contributed by atoms with Gasteiger partial charge in [-0.2, -0.15) is 0 Å². The van der Waals surface area contributed by atoms with Crippen molar-refractivity contribution in [2.75, 3.05) is 5.88 Å². The number of aromatic nitrogens is 4. The van der Waals surface area contributed by atoms with E-state index in [-0.39, 0.29) is 11.6 Å². The van der Waals surface area contributed by atoms with Gasteiger partial charge in [0, 0.05) is 18.3 Å². The van der Waals surface area contributed by atoms with Crippen molar-refractivity contribution in [2.45, 2.75) is 13.5 Å². The van der Waals surface area contributed by atoms with E-state index < -0.39 is 0 Å². The maximum atomic E-state index is 11.8. The Balaban J connectivity index is 2.45. The zero-order valence-corrected chi connectivity index (χ0v) is 9.05. The topological polar surface area (TPSA) is 52.2 Å². The third-order valence-electron chi connectivity index (χ3n) is 2.14. The van der Waals surface area contributed by atoms with Crippen LogP contribution in [0.5, 0.6) is 0 Å². The Bertz CT molecular complexity index is 518. The lowest BCUT2D eigenvalue weighted by Gasteiger charge is -2.04. The van der Waals surface area contributed by atoms with Crippen LogP contribution in [0.15, 0.2) is 23.4 Å². The zero-order valence-electron chi connectivity index (χ0n) is 8.30. The van der Waals surface area contributed by atoms with E-state index in [2.05, 4.69) is 10.1 Å². The smallest absolute Gasteiger partial charge is 0.259 e. The number of alkyl halides is 1. The summed E-state index contributed by atoms with van der Waals surface area (Å²) in [5.41, 5.74) is 0.411. The van der Waals surface area contributed by atoms with Gasteiger partial charge in [0.2, 0.25) is 0 Å². The second kappa shape index (κ2) is 4.02. The monoisotopic (exact) mass is 226 g/mol. The Morgan fingerprint density at radius 2 is 2.40 bits per heavy atom. The highest BCUT2D eigenvalue weighted by atomic mass is 35.5.